The Balaban J connectivity index is 2.45. The van der Waals surface area contributed by atoms with Gasteiger partial charge in [0.1, 0.15) is 0 Å². The molecule has 0 fully saturated rings. The lowest BCUT2D eigenvalue weighted by Gasteiger charge is -2.38. The first-order valence-electron chi connectivity index (χ1n) is 6.36. The third-order valence-electron chi connectivity index (χ3n) is 3.92. The molecule has 1 aliphatic rings. The van der Waals surface area contributed by atoms with E-state index in [9.17, 15) is 9.50 Å². The molecule has 1 N–H and O–H groups in total. The zero-order valence-electron chi connectivity index (χ0n) is 11.4. The highest BCUT2D eigenvalue weighted by Gasteiger charge is 2.35. The van der Waals surface area contributed by atoms with Crippen LogP contribution in [0.2, 0.25) is 0 Å². The highest BCUT2D eigenvalue weighted by atomic mass is 19.1. The lowest BCUT2D eigenvalue weighted by Crippen LogP contribution is -2.48. The van der Waals surface area contributed by atoms with Crippen LogP contribution in [0.3, 0.4) is 0 Å². The lowest BCUT2D eigenvalue weighted by atomic mass is 9.75. The number of allylic oxidation sites excluding steroid dienone is 2. The van der Waals surface area contributed by atoms with Crippen LogP contribution >= 0.6 is 0 Å². The van der Waals surface area contributed by atoms with Crippen LogP contribution in [0, 0.1) is 5.92 Å². The molecule has 98 valence electrons. The summed E-state index contributed by atoms with van der Waals surface area (Å²) < 4.78 is 18.2. The van der Waals surface area contributed by atoms with Crippen LogP contribution in [0.1, 0.15) is 47.0 Å². The first-order chi connectivity index (χ1) is 7.76. The third kappa shape index (κ3) is 4.11. The van der Waals surface area contributed by atoms with Crippen molar-refractivity contribution in [1.29, 1.82) is 0 Å². The van der Waals surface area contributed by atoms with Crippen molar-refractivity contribution >= 4 is 7.48 Å². The second-order valence-electron chi connectivity index (χ2n) is 6.02. The molecular weight excluding hydrogens is 218 g/mol. The van der Waals surface area contributed by atoms with E-state index >= 15 is 0 Å². The first-order valence-corrected chi connectivity index (χ1v) is 6.36. The molecule has 0 aliphatic heterocycles. The summed E-state index contributed by atoms with van der Waals surface area (Å²) in [7, 11) is 0.538. The number of hydrogen-bond acceptors (Lipinski definition) is 2. The predicted octanol–water partition coefficient (Wildman–Crippen LogP) is 2.56. The van der Waals surface area contributed by atoms with Crippen molar-refractivity contribution in [2.45, 2.75) is 58.2 Å². The minimum atomic E-state index is -0.871. The Morgan fingerprint density at radius 2 is 2.12 bits per heavy atom. The summed E-state index contributed by atoms with van der Waals surface area (Å²) in [5.41, 5.74) is -0.221. The van der Waals surface area contributed by atoms with E-state index in [2.05, 4.69) is 6.08 Å². The second-order valence-corrected chi connectivity index (χ2v) is 6.02. The molecule has 0 saturated heterocycles. The molecule has 0 unspecified atom stereocenters. The van der Waals surface area contributed by atoms with Gasteiger partial charge in [-0.15, -0.1) is 0 Å². The number of aliphatic hydroxyl groups is 1. The molecular formula is C13H24BFO2. The second kappa shape index (κ2) is 5.53. The zero-order valence-corrected chi connectivity index (χ0v) is 11.4. The topological polar surface area (TPSA) is 29.5 Å². The molecule has 0 spiro atoms. The maximum absolute atomic E-state index is 12.4. The zero-order chi connectivity index (χ0) is 13.1. The molecule has 0 aromatic carbocycles. The summed E-state index contributed by atoms with van der Waals surface area (Å²) in [4.78, 5) is 0. The highest BCUT2D eigenvalue weighted by Crippen LogP contribution is 2.27. The van der Waals surface area contributed by atoms with Gasteiger partial charge in [-0.2, -0.15) is 0 Å². The number of rotatable bonds is 5. The van der Waals surface area contributed by atoms with Gasteiger partial charge < -0.3 is 9.76 Å². The fourth-order valence-corrected chi connectivity index (χ4v) is 1.66. The molecule has 0 heterocycles. The maximum Gasteiger partial charge on any atom is 0.305 e. The normalized spacial score (nSPS) is 22.2. The number of alkyl halides is 1. The number of hydrogen-bond donors (Lipinski definition) is 1. The molecule has 0 amide bonds. The fraction of sp³-hybridized carbons (Fsp3) is 0.846. The molecule has 0 aromatic heterocycles. The van der Waals surface area contributed by atoms with Crippen LogP contribution in [0.25, 0.3) is 0 Å². The molecule has 1 aliphatic carbocycles. The van der Waals surface area contributed by atoms with E-state index in [4.69, 9.17) is 4.65 Å². The summed E-state index contributed by atoms with van der Waals surface area (Å²) in [5.74, 6) is 0.195. The molecule has 1 atom stereocenters. The molecule has 0 aromatic rings. The molecule has 0 saturated carbocycles. The van der Waals surface area contributed by atoms with Crippen LogP contribution in [-0.4, -0.2) is 30.5 Å². The Kier molecular flexibility index (Phi) is 4.79. The summed E-state index contributed by atoms with van der Waals surface area (Å²) in [6.45, 7) is 7.06. The maximum atomic E-state index is 12.4. The molecule has 2 nitrogen and oxygen atoms in total. The smallest absolute Gasteiger partial charge is 0.305 e. The van der Waals surface area contributed by atoms with Gasteiger partial charge in [-0.1, -0.05) is 11.5 Å². The summed E-state index contributed by atoms with van der Waals surface area (Å²) in [5, 5.41) is 9.96. The average molecular weight is 242 g/mol. The first kappa shape index (κ1) is 14.7. The van der Waals surface area contributed by atoms with E-state index in [1.165, 1.54) is 5.47 Å². The van der Waals surface area contributed by atoms with E-state index in [1.807, 2.05) is 13.8 Å². The van der Waals surface area contributed by atoms with Crippen molar-refractivity contribution in [1.82, 2.24) is 0 Å². The highest BCUT2D eigenvalue weighted by molar-refractivity contribution is 6.38. The van der Waals surface area contributed by atoms with Gasteiger partial charge >= 0.3 is 7.48 Å². The molecule has 17 heavy (non-hydrogen) atoms. The van der Waals surface area contributed by atoms with E-state index in [0.29, 0.717) is 7.48 Å². The Bertz CT molecular complexity index is 282. The van der Waals surface area contributed by atoms with E-state index in [0.717, 1.165) is 19.3 Å². The Labute approximate surface area is 105 Å². The summed E-state index contributed by atoms with van der Waals surface area (Å²) >= 11 is 0. The van der Waals surface area contributed by atoms with E-state index in [-0.39, 0.29) is 12.6 Å². The van der Waals surface area contributed by atoms with Crippen LogP contribution in [0.4, 0.5) is 4.39 Å². The van der Waals surface area contributed by atoms with E-state index in [1.54, 1.807) is 13.8 Å². The van der Waals surface area contributed by atoms with Gasteiger partial charge in [0.15, 0.2) is 0 Å². The lowest BCUT2D eigenvalue weighted by molar-refractivity contribution is -0.0897. The van der Waals surface area contributed by atoms with Gasteiger partial charge in [-0.05, 0) is 52.9 Å². The van der Waals surface area contributed by atoms with Gasteiger partial charge in [0.2, 0.25) is 0 Å². The van der Waals surface area contributed by atoms with Crippen molar-refractivity contribution in [3.63, 3.8) is 0 Å². The Morgan fingerprint density at radius 3 is 2.53 bits per heavy atom. The van der Waals surface area contributed by atoms with Crippen LogP contribution in [-0.2, 0) is 4.65 Å². The van der Waals surface area contributed by atoms with Gasteiger partial charge in [0.05, 0.1) is 17.9 Å². The molecule has 1 rings (SSSR count). The SMILES string of the molecule is CC(C)(O)C(C)(C)OBC1=CC[C@H](CF)CC1. The van der Waals surface area contributed by atoms with Gasteiger partial charge in [0.25, 0.3) is 0 Å². The minimum absolute atomic E-state index is 0.195. The largest absolute Gasteiger partial charge is 0.427 e. The van der Waals surface area contributed by atoms with Crippen molar-refractivity contribution in [3.05, 3.63) is 11.5 Å². The molecule has 0 radical (unpaired) electrons. The van der Waals surface area contributed by atoms with Gasteiger partial charge in [0, 0.05) is 0 Å². The average Bonchev–Trinajstić information content (AvgIpc) is 2.25. The molecule has 4 heteroatoms. The van der Waals surface area contributed by atoms with Crippen molar-refractivity contribution in [2.75, 3.05) is 6.67 Å². The Hall–Kier alpha value is -0.345. The van der Waals surface area contributed by atoms with Crippen LogP contribution in [0.5, 0.6) is 0 Å². The summed E-state index contributed by atoms with van der Waals surface area (Å²) in [6.07, 6.45) is 4.73. The quantitative estimate of drug-likeness (QED) is 0.751. The van der Waals surface area contributed by atoms with Crippen molar-refractivity contribution in [2.24, 2.45) is 5.92 Å². The van der Waals surface area contributed by atoms with E-state index < -0.39 is 11.2 Å². The summed E-state index contributed by atoms with van der Waals surface area (Å²) in [6, 6.07) is 0. The monoisotopic (exact) mass is 242 g/mol. The van der Waals surface area contributed by atoms with Gasteiger partial charge in [-0.25, -0.2) is 0 Å². The number of halogens is 1. The fourth-order valence-electron chi connectivity index (χ4n) is 1.66. The van der Waals surface area contributed by atoms with Crippen LogP contribution < -0.4 is 0 Å². The standard InChI is InChI=1S/C13H24BFO2/c1-12(2,16)13(3,4)17-14-11-7-5-10(9-15)6-8-11/h7,10,14,16H,5-6,8-9H2,1-4H3/t10-/m0/s1. The van der Waals surface area contributed by atoms with Crippen LogP contribution in [0.15, 0.2) is 11.5 Å². The Morgan fingerprint density at radius 1 is 1.47 bits per heavy atom. The third-order valence-corrected chi connectivity index (χ3v) is 3.92. The predicted molar refractivity (Wildman–Crippen MR) is 70.0 cm³/mol. The van der Waals surface area contributed by atoms with Crippen molar-refractivity contribution < 1.29 is 14.2 Å². The van der Waals surface area contributed by atoms with Crippen molar-refractivity contribution in [3.8, 4) is 0 Å². The molecule has 0 bridgehead atoms. The van der Waals surface area contributed by atoms with Gasteiger partial charge in [-0.3, -0.25) is 4.39 Å². The minimum Gasteiger partial charge on any atom is -0.427 e.